The van der Waals surface area contributed by atoms with Gasteiger partial charge in [-0.05, 0) is 0 Å². The SMILES string of the molecule is [O-][N+]1=CCC=N1. The summed E-state index contributed by atoms with van der Waals surface area (Å²) in [6.07, 6.45) is 3.70. The standard InChI is InChI=1S/C3H4N2O/c6-5-3-1-2-4-5/h2-3H,1H2. The predicted molar refractivity (Wildman–Crippen MR) is 22.8 cm³/mol. The van der Waals surface area contributed by atoms with Crippen molar-refractivity contribution in [3.05, 3.63) is 5.21 Å². The Morgan fingerprint density at radius 3 is 2.83 bits per heavy atom. The number of hydrogen-bond donors (Lipinski definition) is 0. The van der Waals surface area contributed by atoms with Gasteiger partial charge in [0, 0.05) is 5.10 Å². The lowest BCUT2D eigenvalue weighted by Gasteiger charge is -1.80. The van der Waals surface area contributed by atoms with Crippen LogP contribution in [-0.2, 0) is 0 Å². The molecule has 0 N–H and O–H groups in total. The Hall–Kier alpha value is -0.860. The summed E-state index contributed by atoms with van der Waals surface area (Å²) in [5.74, 6) is 0. The van der Waals surface area contributed by atoms with Gasteiger partial charge in [-0.2, -0.15) is 0 Å². The van der Waals surface area contributed by atoms with Crippen molar-refractivity contribution in [3.8, 4) is 0 Å². The van der Waals surface area contributed by atoms with Gasteiger partial charge in [0.05, 0.1) is 12.6 Å². The van der Waals surface area contributed by atoms with Crippen LogP contribution in [-0.4, -0.2) is 17.3 Å². The van der Waals surface area contributed by atoms with Crippen molar-refractivity contribution in [1.82, 2.24) is 0 Å². The van der Waals surface area contributed by atoms with E-state index in [0.29, 0.717) is 11.3 Å². The van der Waals surface area contributed by atoms with E-state index in [2.05, 4.69) is 5.10 Å². The van der Waals surface area contributed by atoms with E-state index < -0.39 is 0 Å². The number of hydrazone groups is 1. The molecule has 0 aromatic heterocycles. The first-order valence-electron chi connectivity index (χ1n) is 1.72. The van der Waals surface area contributed by atoms with Crippen LogP contribution < -0.4 is 0 Å². The molecule has 1 aliphatic heterocycles. The Bertz CT molecular complexity index is 103. The van der Waals surface area contributed by atoms with E-state index in [-0.39, 0.29) is 0 Å². The fourth-order valence-corrected chi connectivity index (χ4v) is 0.312. The third kappa shape index (κ3) is 0.381. The van der Waals surface area contributed by atoms with Gasteiger partial charge in [0.15, 0.2) is 6.21 Å². The average molecular weight is 84.1 g/mol. The zero-order valence-electron chi connectivity index (χ0n) is 3.16. The van der Waals surface area contributed by atoms with Crippen LogP contribution in [0.2, 0.25) is 0 Å². The van der Waals surface area contributed by atoms with Crippen LogP contribution in [0.15, 0.2) is 5.10 Å². The van der Waals surface area contributed by atoms with Gasteiger partial charge in [-0.3, -0.25) is 0 Å². The van der Waals surface area contributed by atoms with E-state index in [4.69, 9.17) is 0 Å². The summed E-state index contributed by atoms with van der Waals surface area (Å²) in [6.45, 7) is 0. The molecule has 0 aliphatic carbocycles. The van der Waals surface area contributed by atoms with Crippen LogP contribution in [0.25, 0.3) is 0 Å². The van der Waals surface area contributed by atoms with Crippen LogP contribution in [0.4, 0.5) is 0 Å². The normalized spacial score (nSPS) is 18.3. The summed E-state index contributed by atoms with van der Waals surface area (Å²) in [7, 11) is 0. The van der Waals surface area contributed by atoms with E-state index >= 15 is 0 Å². The van der Waals surface area contributed by atoms with Crippen molar-refractivity contribution in [3.63, 3.8) is 0 Å². The number of hydrogen-bond acceptors (Lipinski definition) is 2. The molecule has 1 rings (SSSR count). The van der Waals surface area contributed by atoms with E-state index in [0.717, 1.165) is 0 Å². The molecule has 0 saturated carbocycles. The molecule has 6 heavy (non-hydrogen) atoms. The van der Waals surface area contributed by atoms with Crippen molar-refractivity contribution >= 4 is 12.4 Å². The quantitative estimate of drug-likeness (QED) is 0.299. The lowest BCUT2D eigenvalue weighted by atomic mass is 10.5. The van der Waals surface area contributed by atoms with Crippen molar-refractivity contribution in [2.75, 3.05) is 0 Å². The molecule has 0 amide bonds. The third-order valence-electron chi connectivity index (χ3n) is 0.562. The monoisotopic (exact) mass is 84.0 g/mol. The first-order chi connectivity index (χ1) is 2.89. The van der Waals surface area contributed by atoms with Crippen molar-refractivity contribution in [2.45, 2.75) is 6.42 Å². The van der Waals surface area contributed by atoms with E-state index in [1.165, 1.54) is 6.21 Å². The Morgan fingerprint density at radius 1 is 1.83 bits per heavy atom. The van der Waals surface area contributed by atoms with Gasteiger partial charge >= 0.3 is 0 Å². The largest absolute Gasteiger partial charge is 0.595 e. The summed E-state index contributed by atoms with van der Waals surface area (Å²) < 4.78 is 0. The summed E-state index contributed by atoms with van der Waals surface area (Å²) in [4.78, 5) is 0.556. The molecule has 0 atom stereocenters. The van der Waals surface area contributed by atoms with Crippen LogP contribution >= 0.6 is 0 Å². The highest BCUT2D eigenvalue weighted by molar-refractivity contribution is 5.78. The number of nitrogens with zero attached hydrogens (tertiary/aromatic N) is 2. The highest BCUT2D eigenvalue weighted by Crippen LogP contribution is 1.79. The minimum atomic E-state index is 0.556. The van der Waals surface area contributed by atoms with Gasteiger partial charge in [-0.1, -0.05) is 4.85 Å². The second-order valence-electron chi connectivity index (χ2n) is 1.02. The minimum Gasteiger partial charge on any atom is -0.595 e. The maximum atomic E-state index is 9.91. The molecule has 1 aliphatic rings. The molecule has 3 heteroatoms. The van der Waals surface area contributed by atoms with Gasteiger partial charge in [-0.25, -0.2) is 0 Å². The molecule has 0 spiro atoms. The highest BCUT2D eigenvalue weighted by atomic mass is 16.5. The summed E-state index contributed by atoms with van der Waals surface area (Å²) in [5.41, 5.74) is 0. The molecule has 0 aromatic rings. The topological polar surface area (TPSA) is 38.4 Å². The van der Waals surface area contributed by atoms with Crippen LogP contribution in [0.1, 0.15) is 6.42 Å². The van der Waals surface area contributed by atoms with Crippen LogP contribution in [0, 0.1) is 5.21 Å². The summed E-state index contributed by atoms with van der Waals surface area (Å²) >= 11 is 0. The van der Waals surface area contributed by atoms with Crippen molar-refractivity contribution < 1.29 is 4.85 Å². The van der Waals surface area contributed by atoms with Gasteiger partial charge in [-0.15, -0.1) is 0 Å². The molecule has 0 unspecified atom stereocenters. The van der Waals surface area contributed by atoms with Gasteiger partial charge in [0.2, 0.25) is 0 Å². The summed E-state index contributed by atoms with van der Waals surface area (Å²) in [6, 6.07) is 0. The lowest BCUT2D eigenvalue weighted by Crippen LogP contribution is -1.84. The predicted octanol–water partition coefficient (Wildman–Crippen LogP) is -0.0430. The van der Waals surface area contributed by atoms with Crippen molar-refractivity contribution in [2.24, 2.45) is 5.10 Å². The zero-order chi connectivity index (χ0) is 4.41. The first kappa shape index (κ1) is 3.33. The lowest BCUT2D eigenvalue weighted by molar-refractivity contribution is -0.454. The zero-order valence-corrected chi connectivity index (χ0v) is 3.16. The maximum Gasteiger partial charge on any atom is 0.192 e. The first-order valence-corrected chi connectivity index (χ1v) is 1.72. The second-order valence-corrected chi connectivity index (χ2v) is 1.02. The molecule has 1 heterocycles. The Labute approximate surface area is 35.2 Å². The van der Waals surface area contributed by atoms with E-state index in [9.17, 15) is 5.21 Å². The summed E-state index contributed by atoms with van der Waals surface area (Å²) in [5, 5.41) is 13.2. The average Bonchev–Trinajstić information content (AvgIpc) is 1.86. The van der Waals surface area contributed by atoms with Crippen LogP contribution in [0.3, 0.4) is 0 Å². The Morgan fingerprint density at radius 2 is 2.67 bits per heavy atom. The fraction of sp³-hybridized carbons (Fsp3) is 0.333. The van der Waals surface area contributed by atoms with E-state index in [1.54, 1.807) is 6.21 Å². The molecule has 3 nitrogen and oxygen atoms in total. The Balaban J connectivity index is 2.68. The minimum absolute atomic E-state index is 0.556. The third-order valence-corrected chi connectivity index (χ3v) is 0.562. The molecule has 32 valence electrons. The molecule has 0 aromatic carbocycles. The second kappa shape index (κ2) is 1.08. The molecule has 0 saturated heterocycles. The van der Waals surface area contributed by atoms with Gasteiger partial charge in [0.25, 0.3) is 0 Å². The molecular formula is C3H4N2O. The number of rotatable bonds is 0. The maximum absolute atomic E-state index is 9.91. The van der Waals surface area contributed by atoms with E-state index in [1.807, 2.05) is 0 Å². The van der Waals surface area contributed by atoms with Crippen LogP contribution in [0.5, 0.6) is 0 Å². The van der Waals surface area contributed by atoms with Crippen molar-refractivity contribution in [1.29, 1.82) is 0 Å². The van der Waals surface area contributed by atoms with Gasteiger partial charge in [0.1, 0.15) is 0 Å². The Kier molecular flexibility index (Phi) is 0.602. The highest BCUT2D eigenvalue weighted by Gasteiger charge is 1.91. The molecule has 0 fully saturated rings. The van der Waals surface area contributed by atoms with Gasteiger partial charge < -0.3 is 5.21 Å². The smallest absolute Gasteiger partial charge is 0.192 e. The molecule has 0 bridgehead atoms. The molecular weight excluding hydrogens is 80.0 g/mol. The molecule has 0 radical (unpaired) electrons. The fourth-order valence-electron chi connectivity index (χ4n) is 0.312.